The standard InChI is InChI=1S/C16H18ClFN2O3S2/c17-14-9-13(1-2-15(14)18)25(21,22)19-10-16(12-3-8-24-11-12)20-4-6-23-7-5-20/h1-3,8-9,11,16,19H,4-7,10H2. The number of ether oxygens (including phenoxy) is 1. The molecule has 0 bridgehead atoms. The summed E-state index contributed by atoms with van der Waals surface area (Å²) in [5.41, 5.74) is 1.06. The van der Waals surface area contributed by atoms with E-state index in [0.717, 1.165) is 30.8 Å². The monoisotopic (exact) mass is 404 g/mol. The van der Waals surface area contributed by atoms with Crippen LogP contribution in [0.3, 0.4) is 0 Å². The maximum Gasteiger partial charge on any atom is 0.240 e. The Bertz CT molecular complexity index is 809. The summed E-state index contributed by atoms with van der Waals surface area (Å²) in [6.07, 6.45) is 0. The van der Waals surface area contributed by atoms with Gasteiger partial charge in [-0.05, 0) is 40.6 Å². The lowest BCUT2D eigenvalue weighted by molar-refractivity contribution is 0.0173. The normalized spacial score (nSPS) is 17.5. The van der Waals surface area contributed by atoms with Crippen molar-refractivity contribution in [3.05, 3.63) is 51.4 Å². The lowest BCUT2D eigenvalue weighted by Gasteiger charge is -2.34. The fourth-order valence-corrected chi connectivity index (χ4v) is 4.74. The lowest BCUT2D eigenvalue weighted by Crippen LogP contribution is -2.43. The van der Waals surface area contributed by atoms with Crippen molar-refractivity contribution in [1.82, 2.24) is 9.62 Å². The average molecular weight is 405 g/mol. The van der Waals surface area contributed by atoms with E-state index in [-0.39, 0.29) is 22.5 Å². The van der Waals surface area contributed by atoms with Gasteiger partial charge in [0.25, 0.3) is 0 Å². The number of hydrogen-bond donors (Lipinski definition) is 1. The summed E-state index contributed by atoms with van der Waals surface area (Å²) in [5.74, 6) is -0.648. The number of morpholine rings is 1. The van der Waals surface area contributed by atoms with Gasteiger partial charge in [-0.2, -0.15) is 11.3 Å². The van der Waals surface area contributed by atoms with Gasteiger partial charge in [0.1, 0.15) is 5.82 Å². The molecular weight excluding hydrogens is 387 g/mol. The van der Waals surface area contributed by atoms with Crippen molar-refractivity contribution in [3.8, 4) is 0 Å². The summed E-state index contributed by atoms with van der Waals surface area (Å²) in [6.45, 7) is 2.95. The number of halogens is 2. The van der Waals surface area contributed by atoms with E-state index in [4.69, 9.17) is 16.3 Å². The predicted octanol–water partition coefficient (Wildman–Crippen LogP) is 2.89. The second kappa shape index (κ2) is 8.11. The van der Waals surface area contributed by atoms with Gasteiger partial charge in [0.05, 0.1) is 23.1 Å². The highest BCUT2D eigenvalue weighted by Crippen LogP contribution is 2.25. The number of thiophene rings is 1. The number of benzene rings is 1. The molecule has 1 unspecified atom stereocenters. The minimum absolute atomic E-state index is 0.0510. The Kier molecular flexibility index (Phi) is 6.08. The van der Waals surface area contributed by atoms with Crippen molar-refractivity contribution in [1.29, 1.82) is 0 Å². The molecule has 2 aromatic rings. The van der Waals surface area contributed by atoms with E-state index in [9.17, 15) is 12.8 Å². The second-order valence-corrected chi connectivity index (χ2v) is 8.60. The molecule has 25 heavy (non-hydrogen) atoms. The van der Waals surface area contributed by atoms with E-state index in [1.54, 1.807) is 11.3 Å². The van der Waals surface area contributed by atoms with E-state index in [1.165, 1.54) is 6.07 Å². The highest BCUT2D eigenvalue weighted by Gasteiger charge is 2.25. The highest BCUT2D eigenvalue weighted by atomic mass is 35.5. The SMILES string of the molecule is O=S(=O)(NCC(c1ccsc1)N1CCOCC1)c1ccc(F)c(Cl)c1. The first-order valence-corrected chi connectivity index (χ1v) is 10.6. The van der Waals surface area contributed by atoms with Crippen LogP contribution < -0.4 is 4.72 Å². The summed E-state index contributed by atoms with van der Waals surface area (Å²) in [6, 6.07) is 5.29. The molecule has 136 valence electrons. The van der Waals surface area contributed by atoms with Crippen LogP contribution in [0.2, 0.25) is 5.02 Å². The Hall–Kier alpha value is -1.03. The third kappa shape index (κ3) is 4.58. The predicted molar refractivity (Wildman–Crippen MR) is 96.1 cm³/mol. The largest absolute Gasteiger partial charge is 0.379 e. The number of nitrogens with zero attached hydrogens (tertiary/aromatic N) is 1. The maximum atomic E-state index is 13.3. The van der Waals surface area contributed by atoms with Gasteiger partial charge in [0.15, 0.2) is 0 Å². The van der Waals surface area contributed by atoms with Crippen molar-refractivity contribution in [2.75, 3.05) is 32.8 Å². The quantitative estimate of drug-likeness (QED) is 0.804. The smallest absolute Gasteiger partial charge is 0.240 e. The Morgan fingerprint density at radius 3 is 2.72 bits per heavy atom. The zero-order valence-electron chi connectivity index (χ0n) is 13.3. The molecule has 0 saturated carbocycles. The molecule has 1 saturated heterocycles. The fourth-order valence-electron chi connectivity index (χ4n) is 2.73. The molecule has 1 aromatic carbocycles. The molecule has 3 rings (SSSR count). The first kappa shape index (κ1) is 18.8. The lowest BCUT2D eigenvalue weighted by atomic mass is 10.1. The molecule has 2 heterocycles. The Balaban J connectivity index is 1.76. The van der Waals surface area contributed by atoms with E-state index in [1.807, 2.05) is 16.8 Å². The van der Waals surface area contributed by atoms with Gasteiger partial charge in [-0.1, -0.05) is 11.6 Å². The molecule has 0 amide bonds. The molecule has 9 heteroatoms. The van der Waals surface area contributed by atoms with Gasteiger partial charge in [0.2, 0.25) is 10.0 Å². The number of rotatable bonds is 6. The van der Waals surface area contributed by atoms with Gasteiger partial charge in [0, 0.05) is 25.7 Å². The molecule has 0 radical (unpaired) electrons. The van der Waals surface area contributed by atoms with Crippen LogP contribution >= 0.6 is 22.9 Å². The van der Waals surface area contributed by atoms with Gasteiger partial charge < -0.3 is 4.74 Å². The molecule has 1 aromatic heterocycles. The third-order valence-corrected chi connectivity index (χ3v) is 6.49. The minimum atomic E-state index is -3.78. The van der Waals surface area contributed by atoms with Crippen molar-refractivity contribution >= 4 is 33.0 Å². The molecule has 1 aliphatic heterocycles. The molecule has 5 nitrogen and oxygen atoms in total. The first-order valence-electron chi connectivity index (χ1n) is 7.76. The molecule has 1 fully saturated rings. The van der Waals surface area contributed by atoms with Crippen molar-refractivity contribution in [2.24, 2.45) is 0 Å². The van der Waals surface area contributed by atoms with Gasteiger partial charge in [-0.25, -0.2) is 17.5 Å². The van der Waals surface area contributed by atoms with Crippen LogP contribution in [-0.2, 0) is 14.8 Å². The van der Waals surface area contributed by atoms with Crippen LogP contribution in [0, 0.1) is 5.82 Å². The zero-order valence-corrected chi connectivity index (χ0v) is 15.7. The van der Waals surface area contributed by atoms with Crippen LogP contribution in [0.25, 0.3) is 0 Å². The van der Waals surface area contributed by atoms with Crippen molar-refractivity contribution in [3.63, 3.8) is 0 Å². The molecule has 1 aliphatic rings. The van der Waals surface area contributed by atoms with Crippen LogP contribution in [0.15, 0.2) is 39.9 Å². The number of nitrogens with one attached hydrogen (secondary N) is 1. The number of hydrogen-bond acceptors (Lipinski definition) is 5. The second-order valence-electron chi connectivity index (χ2n) is 5.65. The zero-order chi connectivity index (χ0) is 17.9. The number of sulfonamides is 1. The molecule has 0 aliphatic carbocycles. The van der Waals surface area contributed by atoms with Gasteiger partial charge >= 0.3 is 0 Å². The van der Waals surface area contributed by atoms with Gasteiger partial charge in [-0.3, -0.25) is 4.90 Å². The summed E-state index contributed by atoms with van der Waals surface area (Å²) in [4.78, 5) is 2.15. The summed E-state index contributed by atoms with van der Waals surface area (Å²) in [7, 11) is -3.78. The van der Waals surface area contributed by atoms with Crippen LogP contribution in [0.1, 0.15) is 11.6 Å². The van der Waals surface area contributed by atoms with Crippen LogP contribution in [0.4, 0.5) is 4.39 Å². The molecular formula is C16H18ClFN2O3S2. The van der Waals surface area contributed by atoms with Crippen molar-refractivity contribution < 1.29 is 17.5 Å². The van der Waals surface area contributed by atoms with Crippen molar-refractivity contribution in [2.45, 2.75) is 10.9 Å². The Morgan fingerprint density at radius 2 is 2.08 bits per heavy atom. The van der Waals surface area contributed by atoms with E-state index in [0.29, 0.717) is 13.2 Å². The molecule has 1 N–H and O–H groups in total. The highest BCUT2D eigenvalue weighted by molar-refractivity contribution is 7.89. The third-order valence-electron chi connectivity index (χ3n) is 4.08. The fraction of sp³-hybridized carbons (Fsp3) is 0.375. The summed E-state index contributed by atoms with van der Waals surface area (Å²) in [5, 5.41) is 3.77. The minimum Gasteiger partial charge on any atom is -0.379 e. The topological polar surface area (TPSA) is 58.6 Å². The van der Waals surface area contributed by atoms with Gasteiger partial charge in [-0.15, -0.1) is 0 Å². The van der Waals surface area contributed by atoms with Crippen LogP contribution in [0.5, 0.6) is 0 Å². The first-order chi connectivity index (χ1) is 12.0. The molecule has 1 atom stereocenters. The van der Waals surface area contributed by atoms with E-state index < -0.39 is 15.8 Å². The van der Waals surface area contributed by atoms with E-state index in [2.05, 4.69) is 9.62 Å². The Labute approximate surface area is 155 Å². The summed E-state index contributed by atoms with van der Waals surface area (Å²) >= 11 is 7.27. The summed E-state index contributed by atoms with van der Waals surface area (Å²) < 4.78 is 46.3. The average Bonchev–Trinajstić information content (AvgIpc) is 3.12. The molecule has 0 spiro atoms. The Morgan fingerprint density at radius 1 is 1.32 bits per heavy atom. The van der Waals surface area contributed by atoms with E-state index >= 15 is 0 Å². The van der Waals surface area contributed by atoms with Crippen LogP contribution in [-0.4, -0.2) is 46.2 Å². The maximum absolute atomic E-state index is 13.3.